The molecule has 0 aliphatic heterocycles. The van der Waals surface area contributed by atoms with Crippen LogP contribution in [0.2, 0.25) is 0 Å². The van der Waals surface area contributed by atoms with Crippen LogP contribution in [0, 0.1) is 0 Å². The van der Waals surface area contributed by atoms with Gasteiger partial charge < -0.3 is 15.5 Å². The van der Waals surface area contributed by atoms with Gasteiger partial charge in [0.2, 0.25) is 5.91 Å². The second kappa shape index (κ2) is 54.2. The van der Waals surface area contributed by atoms with E-state index in [9.17, 15) is 15.0 Å². The zero-order chi connectivity index (χ0) is 45.6. The molecule has 0 heterocycles. The third-order valence-corrected chi connectivity index (χ3v) is 12.4. The molecule has 0 aromatic carbocycles. The first-order valence-electron chi connectivity index (χ1n) is 27.7. The molecule has 0 rings (SSSR count). The molecule has 0 aromatic rings. The van der Waals surface area contributed by atoms with Crippen molar-refractivity contribution < 1.29 is 15.0 Å². The van der Waals surface area contributed by atoms with Crippen molar-refractivity contribution in [3.63, 3.8) is 0 Å². The molecule has 4 nitrogen and oxygen atoms in total. The van der Waals surface area contributed by atoms with Crippen LogP contribution in [0.1, 0.15) is 277 Å². The van der Waals surface area contributed by atoms with E-state index in [0.29, 0.717) is 6.42 Å². The van der Waals surface area contributed by atoms with Gasteiger partial charge in [0, 0.05) is 6.42 Å². The molecule has 3 N–H and O–H groups in total. The Morgan fingerprint density at radius 2 is 0.698 bits per heavy atom. The molecule has 0 saturated carbocycles. The summed E-state index contributed by atoms with van der Waals surface area (Å²) in [5.41, 5.74) is 0. The number of hydrogen-bond acceptors (Lipinski definition) is 3. The summed E-state index contributed by atoms with van der Waals surface area (Å²) in [6.45, 7) is 4.21. The topological polar surface area (TPSA) is 69.6 Å². The molecular weight excluding hydrogens is 771 g/mol. The second-order valence-corrected chi connectivity index (χ2v) is 18.6. The van der Waals surface area contributed by atoms with Crippen LogP contribution >= 0.6 is 0 Å². The summed E-state index contributed by atoms with van der Waals surface area (Å²) in [6.07, 6.45) is 77.7. The molecule has 0 aromatic heterocycles. The normalized spacial score (nSPS) is 13.4. The van der Waals surface area contributed by atoms with Gasteiger partial charge in [0.15, 0.2) is 0 Å². The second-order valence-electron chi connectivity index (χ2n) is 18.6. The van der Waals surface area contributed by atoms with Gasteiger partial charge in [0.1, 0.15) is 0 Å². The highest BCUT2D eigenvalue weighted by Gasteiger charge is 2.18. The van der Waals surface area contributed by atoms with Crippen LogP contribution in [0.4, 0.5) is 0 Å². The third kappa shape index (κ3) is 50.7. The van der Waals surface area contributed by atoms with Crippen molar-refractivity contribution >= 4 is 5.91 Å². The quantitative estimate of drug-likeness (QED) is 0.0421. The van der Waals surface area contributed by atoms with Crippen LogP contribution in [0.5, 0.6) is 0 Å². The molecule has 0 fully saturated rings. The number of aliphatic hydroxyl groups is 2. The number of nitrogens with one attached hydrogen (secondary N) is 1. The number of rotatable bonds is 50. The average molecular weight is 879 g/mol. The maximum atomic E-state index is 12.5. The van der Waals surface area contributed by atoms with E-state index in [1.54, 1.807) is 6.08 Å². The summed E-state index contributed by atoms with van der Waals surface area (Å²) in [5.74, 6) is -0.0650. The van der Waals surface area contributed by atoms with Crippen molar-refractivity contribution in [3.8, 4) is 0 Å². The Hall–Kier alpha value is -2.17. The van der Waals surface area contributed by atoms with Gasteiger partial charge in [-0.1, -0.05) is 279 Å². The summed E-state index contributed by atoms with van der Waals surface area (Å²) in [5, 5.41) is 23.2. The molecule has 2 unspecified atom stereocenters. The highest BCUT2D eigenvalue weighted by atomic mass is 16.3. The molecule has 2 atom stereocenters. The average Bonchev–Trinajstić information content (AvgIpc) is 3.29. The lowest BCUT2D eigenvalue weighted by molar-refractivity contribution is -0.123. The Morgan fingerprint density at radius 3 is 1.05 bits per heavy atom. The van der Waals surface area contributed by atoms with Gasteiger partial charge in [-0.25, -0.2) is 0 Å². The number of hydrogen-bond donors (Lipinski definition) is 3. The largest absolute Gasteiger partial charge is 0.394 e. The summed E-state index contributed by atoms with van der Waals surface area (Å²) >= 11 is 0. The monoisotopic (exact) mass is 878 g/mol. The van der Waals surface area contributed by atoms with E-state index in [0.717, 1.165) is 57.8 Å². The minimum atomic E-state index is -0.843. The van der Waals surface area contributed by atoms with Gasteiger partial charge in [-0.05, 0) is 64.2 Å². The van der Waals surface area contributed by atoms with Gasteiger partial charge in [-0.15, -0.1) is 0 Å². The first-order valence-corrected chi connectivity index (χ1v) is 27.7. The van der Waals surface area contributed by atoms with Crippen molar-refractivity contribution in [3.05, 3.63) is 72.9 Å². The molecule has 1 amide bonds. The van der Waals surface area contributed by atoms with E-state index < -0.39 is 12.1 Å². The standard InChI is InChI=1S/C59H107NO3/c1-3-5-7-9-11-13-15-17-19-21-23-25-27-28-29-30-31-32-33-35-37-39-41-43-45-47-49-51-53-55-59(63)60-57(56-61)58(62)54-52-50-48-46-44-42-40-38-36-34-26-24-22-20-18-16-14-12-10-8-6-4-2/h5,7,11,13,17,19,23,25,28-29,52,54,57-58,61-62H,3-4,6,8-10,12,14-16,18,20-22,24,26-27,30-51,53,55-56H2,1-2H3,(H,60,63)/b7-5-,13-11-,19-17-,25-23-,29-28-,54-52+. The Kier molecular flexibility index (Phi) is 52.3. The predicted octanol–water partition coefficient (Wildman–Crippen LogP) is 18.2. The smallest absolute Gasteiger partial charge is 0.220 e. The fraction of sp³-hybridized carbons (Fsp3) is 0.780. The van der Waals surface area contributed by atoms with Crippen LogP contribution < -0.4 is 5.32 Å². The predicted molar refractivity (Wildman–Crippen MR) is 281 cm³/mol. The minimum Gasteiger partial charge on any atom is -0.394 e. The van der Waals surface area contributed by atoms with Crippen LogP contribution in [0.15, 0.2) is 72.9 Å². The molecule has 0 bridgehead atoms. The van der Waals surface area contributed by atoms with E-state index in [1.807, 2.05) is 6.08 Å². The highest BCUT2D eigenvalue weighted by Crippen LogP contribution is 2.17. The van der Waals surface area contributed by atoms with E-state index in [2.05, 4.69) is 79.9 Å². The molecule has 366 valence electrons. The highest BCUT2D eigenvalue weighted by molar-refractivity contribution is 5.76. The fourth-order valence-corrected chi connectivity index (χ4v) is 8.27. The fourth-order valence-electron chi connectivity index (χ4n) is 8.27. The summed E-state index contributed by atoms with van der Waals surface area (Å²) in [7, 11) is 0. The van der Waals surface area contributed by atoms with Crippen LogP contribution in [0.3, 0.4) is 0 Å². The number of carbonyl (C=O) groups excluding carboxylic acids is 1. The zero-order valence-electron chi connectivity index (χ0n) is 42.1. The lowest BCUT2D eigenvalue weighted by atomic mass is 10.0. The molecule has 4 heteroatoms. The van der Waals surface area contributed by atoms with E-state index in [4.69, 9.17) is 0 Å². The van der Waals surface area contributed by atoms with Gasteiger partial charge in [0.05, 0.1) is 18.8 Å². The molecule has 0 saturated heterocycles. The maximum Gasteiger partial charge on any atom is 0.220 e. The van der Waals surface area contributed by atoms with Crippen molar-refractivity contribution in [2.45, 2.75) is 289 Å². The van der Waals surface area contributed by atoms with E-state index in [-0.39, 0.29) is 12.5 Å². The summed E-state index contributed by atoms with van der Waals surface area (Å²) in [6, 6.07) is -0.627. The van der Waals surface area contributed by atoms with Crippen molar-refractivity contribution in [2.75, 3.05) is 6.61 Å². The number of amides is 1. The van der Waals surface area contributed by atoms with Crippen molar-refractivity contribution in [1.82, 2.24) is 5.32 Å². The maximum absolute atomic E-state index is 12.5. The molecule has 0 aliphatic carbocycles. The molecular formula is C59H107NO3. The Bertz CT molecular complexity index is 1090. The van der Waals surface area contributed by atoms with Crippen molar-refractivity contribution in [1.29, 1.82) is 0 Å². The lowest BCUT2D eigenvalue weighted by Crippen LogP contribution is -2.45. The Balaban J connectivity index is 3.52. The van der Waals surface area contributed by atoms with Gasteiger partial charge >= 0.3 is 0 Å². The number of aliphatic hydroxyl groups excluding tert-OH is 2. The van der Waals surface area contributed by atoms with E-state index in [1.165, 1.54) is 199 Å². The summed E-state index contributed by atoms with van der Waals surface area (Å²) < 4.78 is 0. The van der Waals surface area contributed by atoms with Crippen LogP contribution in [-0.4, -0.2) is 34.9 Å². The third-order valence-electron chi connectivity index (χ3n) is 12.4. The number of allylic oxidation sites excluding steroid dienone is 11. The minimum absolute atomic E-state index is 0.0650. The summed E-state index contributed by atoms with van der Waals surface area (Å²) in [4.78, 5) is 12.5. The lowest BCUT2D eigenvalue weighted by Gasteiger charge is -2.20. The Labute approximate surface area is 393 Å². The molecule has 0 spiro atoms. The van der Waals surface area contributed by atoms with Crippen LogP contribution in [-0.2, 0) is 4.79 Å². The molecule has 0 aliphatic rings. The Morgan fingerprint density at radius 1 is 0.397 bits per heavy atom. The number of carbonyl (C=O) groups is 1. The molecule has 63 heavy (non-hydrogen) atoms. The van der Waals surface area contributed by atoms with Gasteiger partial charge in [-0.2, -0.15) is 0 Å². The zero-order valence-corrected chi connectivity index (χ0v) is 42.1. The molecule has 0 radical (unpaired) electrons. The first kappa shape index (κ1) is 60.8. The van der Waals surface area contributed by atoms with Gasteiger partial charge in [0.25, 0.3) is 0 Å². The van der Waals surface area contributed by atoms with Crippen LogP contribution in [0.25, 0.3) is 0 Å². The van der Waals surface area contributed by atoms with Crippen molar-refractivity contribution in [2.24, 2.45) is 0 Å². The SMILES string of the molecule is CC/C=C\C/C=C\C/C=C\C/C=C\C/C=C\CCCCCCCCCCCCCCCC(=O)NC(CO)C(O)/C=C/CCCCCCCCCCCCCCCCCCCCCC. The number of unbranched alkanes of at least 4 members (excludes halogenated alkanes) is 33. The van der Waals surface area contributed by atoms with Gasteiger partial charge in [-0.3, -0.25) is 4.79 Å². The first-order chi connectivity index (χ1) is 31.2. The van der Waals surface area contributed by atoms with E-state index >= 15 is 0 Å².